The Kier molecular flexibility index (Phi) is 3.98. The maximum Gasteiger partial charge on any atom is 0.251 e. The molecule has 0 bridgehead atoms. The van der Waals surface area contributed by atoms with Crippen molar-refractivity contribution in [3.63, 3.8) is 0 Å². The van der Waals surface area contributed by atoms with E-state index in [1.807, 2.05) is 30.1 Å². The topological polar surface area (TPSA) is 72.1 Å². The summed E-state index contributed by atoms with van der Waals surface area (Å²) in [4.78, 5) is 21.3. The summed E-state index contributed by atoms with van der Waals surface area (Å²) in [7, 11) is 1.90. The molecule has 5 heteroatoms. The molecule has 2 rings (SSSR count). The molecule has 0 fully saturated rings. The van der Waals surface area contributed by atoms with Crippen molar-refractivity contribution in [1.29, 1.82) is 0 Å². The summed E-state index contributed by atoms with van der Waals surface area (Å²) in [5.41, 5.74) is 7.76. The molecule has 0 aliphatic carbocycles. The Hall–Kier alpha value is -2.43. The molecule has 5 nitrogen and oxygen atoms in total. The first-order chi connectivity index (χ1) is 9.50. The molecule has 1 amide bonds. The van der Waals surface area contributed by atoms with Gasteiger partial charge in [-0.15, -0.1) is 0 Å². The van der Waals surface area contributed by atoms with Crippen molar-refractivity contribution in [2.24, 2.45) is 5.73 Å². The van der Waals surface area contributed by atoms with Crippen LogP contribution in [0.3, 0.4) is 0 Å². The van der Waals surface area contributed by atoms with Gasteiger partial charge in [0.1, 0.15) is 0 Å². The van der Waals surface area contributed by atoms with Crippen LogP contribution in [0.15, 0.2) is 36.7 Å². The average molecular weight is 270 g/mol. The van der Waals surface area contributed by atoms with Gasteiger partial charge in [-0.25, -0.2) is 9.97 Å². The molecule has 0 radical (unpaired) electrons. The number of aromatic nitrogens is 2. The second-order valence-corrected chi connectivity index (χ2v) is 4.91. The van der Waals surface area contributed by atoms with Gasteiger partial charge in [0, 0.05) is 25.1 Å². The summed E-state index contributed by atoms with van der Waals surface area (Å²) >= 11 is 0. The Labute approximate surface area is 118 Å². The van der Waals surface area contributed by atoms with Crippen molar-refractivity contribution in [2.75, 3.05) is 11.9 Å². The monoisotopic (exact) mass is 270 g/mol. The van der Waals surface area contributed by atoms with Crippen LogP contribution in [0.25, 0.3) is 0 Å². The summed E-state index contributed by atoms with van der Waals surface area (Å²) < 4.78 is 0. The van der Waals surface area contributed by atoms with Gasteiger partial charge in [0.15, 0.2) is 0 Å². The Bertz CT molecular complexity index is 608. The molecular formula is C15H18N4O. The zero-order valence-corrected chi connectivity index (χ0v) is 11.9. The number of para-hydroxylation sites is 1. The minimum absolute atomic E-state index is 0.305. The normalized spacial score (nSPS) is 10.6. The number of hydrogen-bond donors (Lipinski definition) is 1. The predicted octanol–water partition coefficient (Wildman–Crippen LogP) is 2.47. The molecule has 2 N–H and O–H groups in total. The van der Waals surface area contributed by atoms with E-state index in [-0.39, 0.29) is 0 Å². The van der Waals surface area contributed by atoms with Gasteiger partial charge in [-0.2, -0.15) is 0 Å². The van der Waals surface area contributed by atoms with Crippen LogP contribution >= 0.6 is 0 Å². The first-order valence-electron chi connectivity index (χ1n) is 6.45. The maximum absolute atomic E-state index is 11.0. The summed E-state index contributed by atoms with van der Waals surface area (Å²) in [6.45, 7) is 4.29. The van der Waals surface area contributed by atoms with E-state index in [0.717, 1.165) is 5.69 Å². The van der Waals surface area contributed by atoms with Crippen LogP contribution in [0.5, 0.6) is 0 Å². The lowest BCUT2D eigenvalue weighted by Gasteiger charge is -2.22. The van der Waals surface area contributed by atoms with E-state index in [2.05, 4.69) is 29.9 Å². The number of primary amides is 1. The quantitative estimate of drug-likeness (QED) is 0.926. The third-order valence-corrected chi connectivity index (χ3v) is 3.14. The van der Waals surface area contributed by atoms with Gasteiger partial charge in [-0.05, 0) is 17.5 Å². The first-order valence-corrected chi connectivity index (χ1v) is 6.45. The number of carbonyl (C=O) groups excluding carboxylic acids is 1. The van der Waals surface area contributed by atoms with E-state index >= 15 is 0 Å². The SMILES string of the molecule is CC(C)c1ccccc1N(C)c1ncc(C(N)=O)cn1. The number of nitrogens with zero attached hydrogens (tertiary/aromatic N) is 3. The Morgan fingerprint density at radius 1 is 1.20 bits per heavy atom. The van der Waals surface area contributed by atoms with Crippen molar-refractivity contribution in [1.82, 2.24) is 9.97 Å². The number of hydrogen-bond acceptors (Lipinski definition) is 4. The van der Waals surface area contributed by atoms with Crippen LogP contribution in [0.1, 0.15) is 35.7 Å². The smallest absolute Gasteiger partial charge is 0.251 e. The molecule has 1 heterocycles. The van der Waals surface area contributed by atoms with Gasteiger partial charge >= 0.3 is 0 Å². The van der Waals surface area contributed by atoms with Crippen molar-refractivity contribution in [3.05, 3.63) is 47.8 Å². The first kappa shape index (κ1) is 14.0. The molecule has 0 aliphatic rings. The number of rotatable bonds is 4. The summed E-state index contributed by atoms with van der Waals surface area (Å²) in [5, 5.41) is 0. The van der Waals surface area contributed by atoms with Crippen molar-refractivity contribution in [2.45, 2.75) is 19.8 Å². The highest BCUT2D eigenvalue weighted by Crippen LogP contribution is 2.29. The number of benzene rings is 1. The molecular weight excluding hydrogens is 252 g/mol. The molecule has 1 aromatic heterocycles. The van der Waals surface area contributed by atoms with Gasteiger partial charge in [-0.3, -0.25) is 4.79 Å². The number of carbonyl (C=O) groups is 1. The van der Waals surface area contributed by atoms with Crippen LogP contribution in [-0.2, 0) is 0 Å². The van der Waals surface area contributed by atoms with E-state index in [0.29, 0.717) is 17.4 Å². The molecule has 20 heavy (non-hydrogen) atoms. The molecule has 0 atom stereocenters. The Balaban J connectivity index is 2.36. The van der Waals surface area contributed by atoms with Gasteiger partial charge in [-0.1, -0.05) is 32.0 Å². The fraction of sp³-hybridized carbons (Fsp3) is 0.267. The van der Waals surface area contributed by atoms with Crippen molar-refractivity contribution in [3.8, 4) is 0 Å². The lowest BCUT2D eigenvalue weighted by molar-refractivity contribution is 0.0999. The molecule has 0 spiro atoms. The average Bonchev–Trinajstić information content (AvgIpc) is 2.46. The number of nitrogens with two attached hydrogens (primary N) is 1. The van der Waals surface area contributed by atoms with Gasteiger partial charge < -0.3 is 10.6 Å². The highest BCUT2D eigenvalue weighted by molar-refractivity contribution is 5.92. The largest absolute Gasteiger partial charge is 0.366 e. The molecule has 1 aromatic carbocycles. The second kappa shape index (κ2) is 5.69. The second-order valence-electron chi connectivity index (χ2n) is 4.91. The van der Waals surface area contributed by atoms with Crippen LogP contribution in [0.2, 0.25) is 0 Å². The summed E-state index contributed by atoms with van der Waals surface area (Å²) in [5.74, 6) is 0.406. The van der Waals surface area contributed by atoms with Gasteiger partial charge in [0.05, 0.1) is 5.56 Å². The molecule has 2 aromatic rings. The van der Waals surface area contributed by atoms with Crippen LogP contribution in [0, 0.1) is 0 Å². The number of amides is 1. The third kappa shape index (κ3) is 2.77. The van der Waals surface area contributed by atoms with E-state index in [4.69, 9.17) is 5.73 Å². The zero-order valence-electron chi connectivity index (χ0n) is 11.9. The molecule has 0 aliphatic heterocycles. The van der Waals surface area contributed by atoms with Crippen LogP contribution < -0.4 is 10.6 Å². The molecule has 0 saturated carbocycles. The highest BCUT2D eigenvalue weighted by Gasteiger charge is 2.13. The summed E-state index contributed by atoms with van der Waals surface area (Å²) in [6, 6.07) is 8.12. The Morgan fingerprint density at radius 2 is 1.80 bits per heavy atom. The molecule has 0 unspecified atom stereocenters. The molecule has 0 saturated heterocycles. The third-order valence-electron chi connectivity index (χ3n) is 3.14. The highest BCUT2D eigenvalue weighted by atomic mass is 16.1. The van der Waals surface area contributed by atoms with Crippen molar-refractivity contribution >= 4 is 17.5 Å². The summed E-state index contributed by atoms with van der Waals surface area (Å²) in [6.07, 6.45) is 2.89. The van der Waals surface area contributed by atoms with Crippen LogP contribution in [0.4, 0.5) is 11.6 Å². The van der Waals surface area contributed by atoms with Gasteiger partial charge in [0.2, 0.25) is 5.95 Å². The predicted molar refractivity (Wildman–Crippen MR) is 79.1 cm³/mol. The standard InChI is InChI=1S/C15H18N4O/c1-10(2)12-6-4-5-7-13(12)19(3)15-17-8-11(9-18-15)14(16)20/h4-10H,1-3H3,(H2,16,20). The maximum atomic E-state index is 11.0. The van der Waals surface area contributed by atoms with Crippen molar-refractivity contribution < 1.29 is 4.79 Å². The van der Waals surface area contributed by atoms with E-state index in [1.165, 1.54) is 18.0 Å². The minimum Gasteiger partial charge on any atom is -0.366 e. The zero-order chi connectivity index (χ0) is 14.7. The Morgan fingerprint density at radius 3 is 2.35 bits per heavy atom. The minimum atomic E-state index is -0.526. The molecule has 104 valence electrons. The van der Waals surface area contributed by atoms with Gasteiger partial charge in [0.25, 0.3) is 5.91 Å². The van der Waals surface area contributed by atoms with Crippen LogP contribution in [-0.4, -0.2) is 22.9 Å². The fourth-order valence-electron chi connectivity index (χ4n) is 2.01. The van der Waals surface area contributed by atoms with E-state index in [1.54, 1.807) is 0 Å². The van der Waals surface area contributed by atoms with E-state index in [9.17, 15) is 4.79 Å². The fourth-order valence-corrected chi connectivity index (χ4v) is 2.01. The number of anilines is 2. The van der Waals surface area contributed by atoms with E-state index < -0.39 is 5.91 Å². The lowest BCUT2D eigenvalue weighted by Crippen LogP contribution is -2.17. The lowest BCUT2D eigenvalue weighted by atomic mass is 10.0.